The Labute approximate surface area is 260 Å². The number of carboxylic acid groups (broad SMARTS) is 1. The summed E-state index contributed by atoms with van der Waals surface area (Å²) in [6.45, 7) is 16.3. The summed E-state index contributed by atoms with van der Waals surface area (Å²) in [4.78, 5) is 26.0. The van der Waals surface area contributed by atoms with Crippen molar-refractivity contribution in [2.75, 3.05) is 21.3 Å². The molecule has 1 aromatic rings. The quantitative estimate of drug-likeness (QED) is 0.204. The van der Waals surface area contributed by atoms with Crippen LogP contribution >= 0.6 is 0 Å². The Morgan fingerprint density at radius 3 is 2.05 bits per heavy atom. The molecular formula is C33H57NO8Si. The van der Waals surface area contributed by atoms with E-state index in [2.05, 4.69) is 39.2 Å². The number of ether oxygens (including phenoxy) is 4. The largest absolute Gasteiger partial charge is 0.493 e. The molecule has 0 saturated heterocycles. The van der Waals surface area contributed by atoms with Gasteiger partial charge in [0.25, 0.3) is 0 Å². The predicted molar refractivity (Wildman–Crippen MR) is 172 cm³/mol. The normalized spacial score (nSPS) is 17.0. The lowest BCUT2D eigenvalue weighted by Gasteiger charge is -2.43. The fourth-order valence-electron chi connectivity index (χ4n) is 5.54. The summed E-state index contributed by atoms with van der Waals surface area (Å²) in [5.41, 5.74) is 0.0330. The zero-order valence-electron chi connectivity index (χ0n) is 28.4. The number of carbonyl (C=O) groups is 2. The zero-order valence-corrected chi connectivity index (χ0v) is 29.4. The van der Waals surface area contributed by atoms with E-state index >= 15 is 0 Å². The third-order valence-electron chi connectivity index (χ3n) is 8.83. The maximum Gasteiger partial charge on any atom is 0.407 e. The summed E-state index contributed by atoms with van der Waals surface area (Å²) in [5, 5.41) is 13.5. The van der Waals surface area contributed by atoms with E-state index in [1.54, 1.807) is 13.2 Å². The fraction of sp³-hybridized carbons (Fsp3) is 0.758. The second-order valence-corrected chi connectivity index (χ2v) is 19.1. The first-order chi connectivity index (χ1) is 19.9. The van der Waals surface area contributed by atoms with Crippen molar-refractivity contribution < 1.29 is 38.1 Å². The molecule has 9 nitrogen and oxygen atoms in total. The molecule has 2 N–H and O–H groups in total. The lowest BCUT2D eigenvalue weighted by Crippen LogP contribution is -2.54. The topological polar surface area (TPSA) is 113 Å². The van der Waals surface area contributed by atoms with Gasteiger partial charge in [0.2, 0.25) is 5.75 Å². The van der Waals surface area contributed by atoms with Gasteiger partial charge in [-0.25, -0.2) is 4.79 Å². The van der Waals surface area contributed by atoms with Gasteiger partial charge < -0.3 is 33.8 Å². The second kappa shape index (κ2) is 15.5. The molecule has 0 aromatic heterocycles. The van der Waals surface area contributed by atoms with Gasteiger partial charge in [0.15, 0.2) is 19.8 Å². The van der Waals surface area contributed by atoms with E-state index in [0.717, 1.165) is 25.7 Å². The molecule has 0 heterocycles. The number of rotatable bonds is 14. The van der Waals surface area contributed by atoms with Crippen molar-refractivity contribution in [1.29, 1.82) is 0 Å². The van der Waals surface area contributed by atoms with E-state index in [1.165, 1.54) is 20.6 Å². The van der Waals surface area contributed by atoms with Gasteiger partial charge in [0, 0.05) is 0 Å². The Morgan fingerprint density at radius 2 is 1.56 bits per heavy atom. The van der Waals surface area contributed by atoms with E-state index in [0.29, 0.717) is 35.2 Å². The molecule has 0 aliphatic heterocycles. The molecule has 0 spiro atoms. The molecule has 2 rings (SSSR count). The van der Waals surface area contributed by atoms with Crippen molar-refractivity contribution in [1.82, 2.24) is 5.32 Å². The average Bonchev–Trinajstić information content (AvgIpc) is 2.90. The summed E-state index contributed by atoms with van der Waals surface area (Å²) >= 11 is 0. The highest BCUT2D eigenvalue weighted by Gasteiger charge is 2.43. The molecule has 1 aromatic carbocycles. The number of hydrogen-bond acceptors (Lipinski definition) is 7. The number of carbonyl (C=O) groups excluding carboxylic acids is 1. The van der Waals surface area contributed by atoms with Gasteiger partial charge >= 0.3 is 12.1 Å². The summed E-state index contributed by atoms with van der Waals surface area (Å²) in [6.07, 6.45) is 5.81. The van der Waals surface area contributed by atoms with Crippen LogP contribution in [0.1, 0.15) is 92.1 Å². The number of aliphatic carboxylic acids is 1. The average molecular weight is 624 g/mol. The van der Waals surface area contributed by atoms with Crippen LogP contribution in [0.15, 0.2) is 12.1 Å². The summed E-state index contributed by atoms with van der Waals surface area (Å²) < 4.78 is 29.3. The van der Waals surface area contributed by atoms with Crippen LogP contribution in [-0.2, 0) is 20.4 Å². The van der Waals surface area contributed by atoms with Crippen LogP contribution in [0.2, 0.25) is 18.1 Å². The Morgan fingerprint density at radius 1 is 0.953 bits per heavy atom. The molecule has 1 aliphatic carbocycles. The van der Waals surface area contributed by atoms with Crippen molar-refractivity contribution in [2.45, 2.75) is 129 Å². The van der Waals surface area contributed by atoms with E-state index in [4.69, 9.17) is 23.4 Å². The highest BCUT2D eigenvalue weighted by molar-refractivity contribution is 6.74. The highest BCUT2D eigenvalue weighted by Crippen LogP contribution is 2.42. The number of alkyl carbamates (subject to hydrolysis) is 1. The van der Waals surface area contributed by atoms with Crippen molar-refractivity contribution in [3.05, 3.63) is 17.7 Å². The van der Waals surface area contributed by atoms with E-state index in [9.17, 15) is 14.7 Å². The van der Waals surface area contributed by atoms with Crippen molar-refractivity contribution in [3.63, 3.8) is 0 Å². The first kappa shape index (κ1) is 36.7. The number of carboxylic acids is 1. The van der Waals surface area contributed by atoms with Gasteiger partial charge in [0.1, 0.15) is 5.60 Å². The van der Waals surface area contributed by atoms with Gasteiger partial charge in [-0.05, 0) is 75.7 Å². The van der Waals surface area contributed by atoms with Crippen LogP contribution in [0.3, 0.4) is 0 Å². The highest BCUT2D eigenvalue weighted by atomic mass is 28.4. The predicted octanol–water partition coefficient (Wildman–Crippen LogP) is 7.60. The molecule has 43 heavy (non-hydrogen) atoms. The van der Waals surface area contributed by atoms with Crippen LogP contribution in [-0.4, -0.2) is 64.6 Å². The Hall–Kier alpha value is -2.46. The molecule has 1 saturated carbocycles. The lowest BCUT2D eigenvalue weighted by molar-refractivity contribution is -0.142. The van der Waals surface area contributed by atoms with Crippen LogP contribution in [0.5, 0.6) is 17.2 Å². The molecule has 1 aliphatic rings. The summed E-state index contributed by atoms with van der Waals surface area (Å²) in [5.74, 6) is 0.0464. The number of nitrogens with one attached hydrogen (secondary N) is 1. The van der Waals surface area contributed by atoms with E-state index in [-0.39, 0.29) is 17.9 Å². The molecule has 0 bridgehead atoms. The van der Waals surface area contributed by atoms with Crippen molar-refractivity contribution in [2.24, 2.45) is 11.8 Å². The van der Waals surface area contributed by atoms with Gasteiger partial charge in [-0.3, -0.25) is 4.79 Å². The number of methoxy groups -OCH3 is 3. The minimum atomic E-state index is -2.38. The summed E-state index contributed by atoms with van der Waals surface area (Å²) in [7, 11) is 2.23. The Balaban J connectivity index is 2.54. The zero-order chi connectivity index (χ0) is 32.6. The van der Waals surface area contributed by atoms with Crippen molar-refractivity contribution in [3.8, 4) is 17.2 Å². The van der Waals surface area contributed by atoms with Crippen LogP contribution in [0, 0.1) is 11.8 Å². The third-order valence-corrected chi connectivity index (χ3v) is 13.3. The molecule has 10 heteroatoms. The van der Waals surface area contributed by atoms with Gasteiger partial charge in [-0.1, -0.05) is 58.9 Å². The first-order valence-electron chi connectivity index (χ1n) is 15.6. The smallest absolute Gasteiger partial charge is 0.407 e. The minimum absolute atomic E-state index is 0.113. The molecular weight excluding hydrogens is 566 g/mol. The molecule has 3 atom stereocenters. The van der Waals surface area contributed by atoms with Gasteiger partial charge in [-0.2, -0.15) is 0 Å². The molecule has 246 valence electrons. The first-order valence-corrected chi connectivity index (χ1v) is 18.5. The maximum atomic E-state index is 13.2. The Kier molecular flexibility index (Phi) is 13.2. The van der Waals surface area contributed by atoms with Crippen molar-refractivity contribution >= 4 is 20.4 Å². The SMILES string of the molecule is COc1ccc(CC(CC(O[Si](C)(C)C(C)(C)C)C(CC2CCCCC2)NC(=O)OC(C)(C)C)C(=O)O)c(OC)c1OC. The fourth-order valence-corrected chi connectivity index (χ4v) is 6.91. The minimum Gasteiger partial charge on any atom is -0.493 e. The number of benzene rings is 1. The third kappa shape index (κ3) is 10.9. The number of hydrogen-bond donors (Lipinski definition) is 2. The second-order valence-electron chi connectivity index (χ2n) is 14.4. The molecule has 1 fully saturated rings. The van der Waals surface area contributed by atoms with Gasteiger partial charge in [0.05, 0.1) is 39.4 Å². The van der Waals surface area contributed by atoms with Crippen LogP contribution < -0.4 is 19.5 Å². The van der Waals surface area contributed by atoms with E-state index < -0.39 is 44.0 Å². The maximum absolute atomic E-state index is 13.2. The molecule has 1 amide bonds. The molecule has 0 radical (unpaired) electrons. The van der Waals surface area contributed by atoms with Crippen LogP contribution in [0.25, 0.3) is 0 Å². The lowest BCUT2D eigenvalue weighted by atomic mass is 9.82. The number of amides is 1. The monoisotopic (exact) mass is 623 g/mol. The molecule has 3 unspecified atom stereocenters. The van der Waals surface area contributed by atoms with Crippen LogP contribution in [0.4, 0.5) is 4.79 Å². The Bertz CT molecular complexity index is 1060. The van der Waals surface area contributed by atoms with E-state index in [1.807, 2.05) is 26.8 Å². The standard InChI is InChI=1S/C33H57NO8Si/c1-32(2,3)41-31(37)34-25(19-22-15-13-12-14-16-22)27(42-43(10,11)33(4,5)6)21-24(30(35)36)20-23-17-18-26(38-7)29(40-9)28(23)39-8/h17-18,22,24-25,27H,12-16,19-21H2,1-11H3,(H,34,37)(H,35,36). The van der Waals surface area contributed by atoms with Gasteiger partial charge in [-0.15, -0.1) is 0 Å². The summed E-state index contributed by atoms with van der Waals surface area (Å²) in [6, 6.07) is 3.18.